The van der Waals surface area contributed by atoms with Crippen LogP contribution in [0.5, 0.6) is 0 Å². The lowest BCUT2D eigenvalue weighted by Gasteiger charge is -2.23. The molecule has 0 bridgehead atoms. The zero-order chi connectivity index (χ0) is 9.73. The number of aliphatic hydroxyl groups is 1. The molecule has 0 aliphatic heterocycles. The lowest BCUT2D eigenvalue weighted by molar-refractivity contribution is 0.0576. The van der Waals surface area contributed by atoms with Crippen LogP contribution in [0.25, 0.3) is 0 Å². The number of hydrogen-bond acceptors (Lipinski definition) is 2. The largest absolute Gasteiger partial charge is 0.384 e. The summed E-state index contributed by atoms with van der Waals surface area (Å²) in [5.41, 5.74) is 0.188. The predicted molar refractivity (Wildman–Crippen MR) is 54.6 cm³/mol. The van der Waals surface area contributed by atoms with Crippen molar-refractivity contribution in [1.82, 2.24) is 5.32 Å². The first-order valence-corrected chi connectivity index (χ1v) is 4.65. The molecule has 0 amide bonds. The van der Waals surface area contributed by atoms with E-state index in [-0.39, 0.29) is 0 Å². The molecule has 0 aromatic heterocycles. The topological polar surface area (TPSA) is 32.3 Å². The van der Waals surface area contributed by atoms with Gasteiger partial charge in [-0.3, -0.25) is 0 Å². The zero-order valence-electron chi connectivity index (χ0n) is 8.25. The highest BCUT2D eigenvalue weighted by atomic mass is 16.3. The smallest absolute Gasteiger partial charge is 0.0992 e. The molecule has 1 rings (SSSR count). The normalized spacial score (nSPS) is 15.3. The van der Waals surface area contributed by atoms with Crippen LogP contribution in [0.4, 0.5) is 0 Å². The van der Waals surface area contributed by atoms with Crippen LogP contribution in [0.3, 0.4) is 0 Å². The molecule has 0 fully saturated rings. The highest BCUT2D eigenvalue weighted by molar-refractivity contribution is 5.21. The molecule has 2 heteroatoms. The summed E-state index contributed by atoms with van der Waals surface area (Å²) in [7, 11) is 0. The summed E-state index contributed by atoms with van der Waals surface area (Å²) < 4.78 is 0. The molecule has 0 spiro atoms. The molecule has 0 heterocycles. The van der Waals surface area contributed by atoms with E-state index in [1.807, 2.05) is 44.2 Å². The van der Waals surface area contributed by atoms with Crippen molar-refractivity contribution >= 4 is 0 Å². The first-order valence-electron chi connectivity index (χ1n) is 4.65. The standard InChI is InChI=1S/C11H17NO/c1-3-12-9-11(2,13)10-7-5-4-6-8-10/h4-8,12-13H,3,9H2,1-2H3/t11-/m0/s1. The van der Waals surface area contributed by atoms with Crippen molar-refractivity contribution in [2.24, 2.45) is 0 Å². The molecule has 0 radical (unpaired) electrons. The van der Waals surface area contributed by atoms with Crippen LogP contribution in [0, 0.1) is 0 Å². The van der Waals surface area contributed by atoms with Crippen LogP contribution in [0.1, 0.15) is 19.4 Å². The molecule has 1 aromatic rings. The zero-order valence-corrected chi connectivity index (χ0v) is 8.25. The van der Waals surface area contributed by atoms with Gasteiger partial charge in [0.15, 0.2) is 0 Å². The summed E-state index contributed by atoms with van der Waals surface area (Å²) in [5, 5.41) is 13.2. The van der Waals surface area contributed by atoms with Gasteiger partial charge in [0, 0.05) is 6.54 Å². The monoisotopic (exact) mass is 179 g/mol. The first-order chi connectivity index (χ1) is 6.17. The Hall–Kier alpha value is -0.860. The fourth-order valence-electron chi connectivity index (χ4n) is 1.27. The Labute approximate surface area is 79.6 Å². The third-order valence-corrected chi connectivity index (χ3v) is 2.11. The van der Waals surface area contributed by atoms with Crippen molar-refractivity contribution < 1.29 is 5.11 Å². The highest BCUT2D eigenvalue weighted by Gasteiger charge is 2.21. The SMILES string of the molecule is CCNC[C@](C)(O)c1ccccc1. The van der Waals surface area contributed by atoms with Gasteiger partial charge in [-0.2, -0.15) is 0 Å². The van der Waals surface area contributed by atoms with Gasteiger partial charge >= 0.3 is 0 Å². The van der Waals surface area contributed by atoms with Gasteiger partial charge in [0.25, 0.3) is 0 Å². The fourth-order valence-corrected chi connectivity index (χ4v) is 1.27. The molecule has 0 aliphatic carbocycles. The summed E-state index contributed by atoms with van der Waals surface area (Å²) in [4.78, 5) is 0. The van der Waals surface area contributed by atoms with Crippen molar-refractivity contribution in [1.29, 1.82) is 0 Å². The number of likely N-dealkylation sites (N-methyl/N-ethyl adjacent to an activating group) is 1. The van der Waals surface area contributed by atoms with Crippen molar-refractivity contribution in [2.45, 2.75) is 19.4 Å². The summed E-state index contributed by atoms with van der Waals surface area (Å²) in [6, 6.07) is 9.72. The molecule has 72 valence electrons. The molecule has 13 heavy (non-hydrogen) atoms. The second-order valence-corrected chi connectivity index (χ2v) is 3.42. The third kappa shape index (κ3) is 2.83. The van der Waals surface area contributed by atoms with Gasteiger partial charge in [-0.05, 0) is 19.0 Å². The minimum Gasteiger partial charge on any atom is -0.384 e. The molecule has 0 unspecified atom stereocenters. The van der Waals surface area contributed by atoms with Crippen molar-refractivity contribution in [2.75, 3.05) is 13.1 Å². The number of rotatable bonds is 4. The second-order valence-electron chi connectivity index (χ2n) is 3.42. The van der Waals surface area contributed by atoms with Gasteiger partial charge in [-0.1, -0.05) is 37.3 Å². The molecule has 0 aliphatic rings. The summed E-state index contributed by atoms with van der Waals surface area (Å²) in [6.07, 6.45) is 0. The average molecular weight is 179 g/mol. The van der Waals surface area contributed by atoms with Crippen LogP contribution >= 0.6 is 0 Å². The van der Waals surface area contributed by atoms with Crippen LogP contribution < -0.4 is 5.32 Å². The van der Waals surface area contributed by atoms with E-state index in [0.717, 1.165) is 12.1 Å². The Morgan fingerprint density at radius 1 is 1.31 bits per heavy atom. The number of nitrogens with one attached hydrogen (secondary N) is 1. The van der Waals surface area contributed by atoms with E-state index in [4.69, 9.17) is 0 Å². The molecule has 0 saturated carbocycles. The summed E-state index contributed by atoms with van der Waals surface area (Å²) >= 11 is 0. The van der Waals surface area contributed by atoms with E-state index in [9.17, 15) is 5.11 Å². The molecule has 1 aromatic carbocycles. The van der Waals surface area contributed by atoms with Crippen molar-refractivity contribution in [3.63, 3.8) is 0 Å². The lowest BCUT2D eigenvalue weighted by Crippen LogP contribution is -2.35. The molecule has 2 N–H and O–H groups in total. The summed E-state index contributed by atoms with van der Waals surface area (Å²) in [5.74, 6) is 0. The number of benzene rings is 1. The van der Waals surface area contributed by atoms with Crippen molar-refractivity contribution in [3.8, 4) is 0 Å². The Kier molecular flexibility index (Phi) is 3.46. The van der Waals surface area contributed by atoms with Gasteiger partial charge in [0.05, 0.1) is 5.60 Å². The maximum atomic E-state index is 10.1. The second kappa shape index (κ2) is 4.40. The van der Waals surface area contributed by atoms with E-state index in [1.54, 1.807) is 0 Å². The number of hydrogen-bond donors (Lipinski definition) is 2. The van der Waals surface area contributed by atoms with Gasteiger partial charge in [-0.25, -0.2) is 0 Å². The third-order valence-electron chi connectivity index (χ3n) is 2.11. The molecule has 0 saturated heterocycles. The van der Waals surface area contributed by atoms with Gasteiger partial charge < -0.3 is 10.4 Å². The molecular formula is C11H17NO. The van der Waals surface area contributed by atoms with Crippen molar-refractivity contribution in [3.05, 3.63) is 35.9 Å². The van der Waals surface area contributed by atoms with Gasteiger partial charge in [0.2, 0.25) is 0 Å². The minimum absolute atomic E-state index is 0.591. The Morgan fingerprint density at radius 2 is 1.92 bits per heavy atom. The lowest BCUT2D eigenvalue weighted by atomic mass is 9.96. The average Bonchev–Trinajstić information content (AvgIpc) is 2.16. The van der Waals surface area contributed by atoms with Crippen LogP contribution in [0.2, 0.25) is 0 Å². The fraction of sp³-hybridized carbons (Fsp3) is 0.455. The summed E-state index contributed by atoms with van der Waals surface area (Å²) in [6.45, 7) is 5.32. The van der Waals surface area contributed by atoms with Gasteiger partial charge in [0.1, 0.15) is 0 Å². The quantitative estimate of drug-likeness (QED) is 0.734. The van der Waals surface area contributed by atoms with E-state index in [1.165, 1.54) is 0 Å². The Balaban J connectivity index is 2.69. The maximum absolute atomic E-state index is 10.1. The van der Waals surface area contributed by atoms with E-state index in [0.29, 0.717) is 6.54 Å². The van der Waals surface area contributed by atoms with E-state index in [2.05, 4.69) is 5.32 Å². The Bertz CT molecular complexity index is 244. The molecule has 2 nitrogen and oxygen atoms in total. The van der Waals surface area contributed by atoms with E-state index >= 15 is 0 Å². The van der Waals surface area contributed by atoms with Crippen LogP contribution in [-0.4, -0.2) is 18.2 Å². The van der Waals surface area contributed by atoms with E-state index < -0.39 is 5.60 Å². The predicted octanol–water partition coefficient (Wildman–Crippen LogP) is 1.50. The molecular weight excluding hydrogens is 162 g/mol. The van der Waals surface area contributed by atoms with Crippen LogP contribution in [0.15, 0.2) is 30.3 Å². The maximum Gasteiger partial charge on any atom is 0.0992 e. The van der Waals surface area contributed by atoms with Crippen LogP contribution in [-0.2, 0) is 5.60 Å². The minimum atomic E-state index is -0.767. The highest BCUT2D eigenvalue weighted by Crippen LogP contribution is 2.18. The first kappa shape index (κ1) is 10.2. The Morgan fingerprint density at radius 3 is 2.46 bits per heavy atom. The van der Waals surface area contributed by atoms with Gasteiger partial charge in [-0.15, -0.1) is 0 Å². The molecule has 1 atom stereocenters.